The van der Waals surface area contributed by atoms with Crippen molar-refractivity contribution in [2.45, 2.75) is 58.3 Å². The lowest BCUT2D eigenvalue weighted by Crippen LogP contribution is -2.35. The maximum Gasteiger partial charge on any atom is 0.270 e. The van der Waals surface area contributed by atoms with Crippen LogP contribution in [-0.4, -0.2) is 40.5 Å². The number of nitrogens with zero attached hydrogens (tertiary/aromatic N) is 3. The molecule has 1 unspecified atom stereocenters. The highest BCUT2D eigenvalue weighted by molar-refractivity contribution is 7.12. The zero-order valence-electron chi connectivity index (χ0n) is 17.3. The topological polar surface area (TPSA) is 87.4 Å². The molecule has 2 aliphatic rings. The van der Waals surface area contributed by atoms with Gasteiger partial charge in [0.1, 0.15) is 16.6 Å². The fraction of sp³-hybridized carbons (Fsp3) is 0.500. The summed E-state index contributed by atoms with van der Waals surface area (Å²) in [6, 6.07) is 7.58. The first-order chi connectivity index (χ1) is 14.5. The number of likely N-dealkylation sites (tertiary alicyclic amines) is 1. The standard InChI is InChI=1S/C22H26N4O3S/c1-3-17(20-7-6-15(12-23)30-20)24-21(27)16-11-18(26-9-10-29-13-19(16)26)22(28)25-8-4-5-14(25)2/h6-7,11,14,17H,3-5,8-10,13H2,1-2H3,(H,24,27)/t14?,17-/m1/s1. The summed E-state index contributed by atoms with van der Waals surface area (Å²) in [6.45, 7) is 6.25. The van der Waals surface area contributed by atoms with E-state index in [0.29, 0.717) is 42.3 Å². The molecule has 1 N–H and O–H groups in total. The maximum absolute atomic E-state index is 13.2. The third-order valence-corrected chi connectivity index (χ3v) is 7.08. The number of hydrogen-bond donors (Lipinski definition) is 1. The summed E-state index contributed by atoms with van der Waals surface area (Å²) in [5.41, 5.74) is 1.83. The highest BCUT2D eigenvalue weighted by Gasteiger charge is 2.32. The Balaban J connectivity index is 1.61. The van der Waals surface area contributed by atoms with Gasteiger partial charge in [0.05, 0.1) is 30.5 Å². The average Bonchev–Trinajstić information content (AvgIpc) is 3.49. The third kappa shape index (κ3) is 3.75. The van der Waals surface area contributed by atoms with E-state index in [1.54, 1.807) is 12.1 Å². The smallest absolute Gasteiger partial charge is 0.270 e. The maximum atomic E-state index is 13.2. The highest BCUT2D eigenvalue weighted by atomic mass is 32.1. The van der Waals surface area contributed by atoms with E-state index in [0.717, 1.165) is 30.0 Å². The van der Waals surface area contributed by atoms with Crippen LogP contribution in [0.1, 0.15) is 75.4 Å². The molecule has 2 atom stereocenters. The van der Waals surface area contributed by atoms with Crippen LogP contribution in [0.15, 0.2) is 18.2 Å². The molecule has 4 heterocycles. The number of carbonyl (C=O) groups excluding carboxylic acids is 2. The highest BCUT2D eigenvalue weighted by Crippen LogP contribution is 2.28. The normalized spacial score (nSPS) is 19.2. The first-order valence-corrected chi connectivity index (χ1v) is 11.3. The monoisotopic (exact) mass is 426 g/mol. The van der Waals surface area contributed by atoms with E-state index in [1.165, 1.54) is 11.3 Å². The summed E-state index contributed by atoms with van der Waals surface area (Å²) in [7, 11) is 0. The van der Waals surface area contributed by atoms with E-state index in [4.69, 9.17) is 10.00 Å². The SMILES string of the molecule is CC[C@@H](NC(=O)c1cc(C(=O)N2CCCC2C)n2c1COCC2)c1ccc(C#N)s1. The molecule has 8 heteroatoms. The second-order valence-electron chi connectivity index (χ2n) is 7.83. The summed E-state index contributed by atoms with van der Waals surface area (Å²) in [6.07, 6.45) is 2.74. The predicted molar refractivity (Wildman–Crippen MR) is 113 cm³/mol. The van der Waals surface area contributed by atoms with Crippen LogP contribution in [0.2, 0.25) is 0 Å². The van der Waals surface area contributed by atoms with E-state index in [2.05, 4.69) is 18.3 Å². The number of rotatable bonds is 5. The molecule has 4 rings (SSSR count). The van der Waals surface area contributed by atoms with Gasteiger partial charge in [0.15, 0.2) is 0 Å². The number of aromatic nitrogens is 1. The van der Waals surface area contributed by atoms with E-state index in [9.17, 15) is 9.59 Å². The van der Waals surface area contributed by atoms with Gasteiger partial charge >= 0.3 is 0 Å². The fourth-order valence-electron chi connectivity index (χ4n) is 4.29. The Morgan fingerprint density at radius 1 is 1.40 bits per heavy atom. The van der Waals surface area contributed by atoms with Crippen molar-refractivity contribution < 1.29 is 14.3 Å². The van der Waals surface area contributed by atoms with Crippen LogP contribution in [0.3, 0.4) is 0 Å². The molecular formula is C22H26N4O3S. The first-order valence-electron chi connectivity index (χ1n) is 10.4. The quantitative estimate of drug-likeness (QED) is 0.793. The van der Waals surface area contributed by atoms with E-state index in [1.807, 2.05) is 22.5 Å². The minimum Gasteiger partial charge on any atom is -0.373 e. The van der Waals surface area contributed by atoms with Gasteiger partial charge in [-0.05, 0) is 44.4 Å². The van der Waals surface area contributed by atoms with Crippen molar-refractivity contribution in [3.63, 3.8) is 0 Å². The van der Waals surface area contributed by atoms with Crippen molar-refractivity contribution in [3.8, 4) is 6.07 Å². The number of nitrogens with one attached hydrogen (secondary N) is 1. The van der Waals surface area contributed by atoms with Gasteiger partial charge in [-0.1, -0.05) is 6.92 Å². The predicted octanol–water partition coefficient (Wildman–Crippen LogP) is 3.46. The molecule has 0 bridgehead atoms. The van der Waals surface area contributed by atoms with Gasteiger partial charge in [-0.3, -0.25) is 9.59 Å². The van der Waals surface area contributed by atoms with Crippen LogP contribution in [-0.2, 0) is 17.9 Å². The summed E-state index contributed by atoms with van der Waals surface area (Å²) in [5.74, 6) is -0.220. The van der Waals surface area contributed by atoms with E-state index < -0.39 is 0 Å². The zero-order valence-corrected chi connectivity index (χ0v) is 18.1. The first kappa shape index (κ1) is 20.6. The lowest BCUT2D eigenvalue weighted by atomic mass is 10.1. The molecule has 0 spiro atoms. The van der Waals surface area contributed by atoms with Crippen molar-refractivity contribution in [1.29, 1.82) is 5.26 Å². The van der Waals surface area contributed by atoms with Gasteiger partial charge in [0, 0.05) is 24.0 Å². The van der Waals surface area contributed by atoms with Gasteiger partial charge < -0.3 is 19.5 Å². The minimum absolute atomic E-state index is 0.00818. The fourth-order valence-corrected chi connectivity index (χ4v) is 5.23. The van der Waals surface area contributed by atoms with Gasteiger partial charge in [-0.15, -0.1) is 11.3 Å². The van der Waals surface area contributed by atoms with Crippen molar-refractivity contribution >= 4 is 23.2 Å². The van der Waals surface area contributed by atoms with Crippen molar-refractivity contribution in [3.05, 3.63) is 44.9 Å². The molecule has 1 fully saturated rings. The Morgan fingerprint density at radius 3 is 2.90 bits per heavy atom. The molecule has 0 aromatic carbocycles. The number of amides is 2. The van der Waals surface area contributed by atoms with Crippen molar-refractivity contribution in [1.82, 2.24) is 14.8 Å². The number of nitriles is 1. The molecule has 0 saturated carbocycles. The summed E-state index contributed by atoms with van der Waals surface area (Å²) in [4.78, 5) is 29.9. The molecule has 2 amide bonds. The Bertz CT molecular complexity index is 1000. The van der Waals surface area contributed by atoms with Crippen LogP contribution in [0.5, 0.6) is 0 Å². The number of carbonyl (C=O) groups is 2. The average molecular weight is 427 g/mol. The molecule has 0 aliphatic carbocycles. The summed E-state index contributed by atoms with van der Waals surface area (Å²) >= 11 is 1.39. The molecule has 158 valence electrons. The van der Waals surface area contributed by atoms with Crippen LogP contribution in [0, 0.1) is 11.3 Å². The van der Waals surface area contributed by atoms with Crippen LogP contribution < -0.4 is 5.32 Å². The molecule has 30 heavy (non-hydrogen) atoms. The number of ether oxygens (including phenoxy) is 1. The van der Waals surface area contributed by atoms with Gasteiger partial charge in [0.25, 0.3) is 11.8 Å². The van der Waals surface area contributed by atoms with Crippen molar-refractivity contribution in [2.24, 2.45) is 0 Å². The van der Waals surface area contributed by atoms with Crippen LogP contribution in [0.4, 0.5) is 0 Å². The number of thiophene rings is 1. The molecule has 2 aromatic heterocycles. The van der Waals surface area contributed by atoms with E-state index in [-0.39, 0.29) is 23.9 Å². The Hall–Kier alpha value is -2.63. The van der Waals surface area contributed by atoms with Crippen LogP contribution in [0.25, 0.3) is 0 Å². The molecular weight excluding hydrogens is 400 g/mol. The van der Waals surface area contributed by atoms with E-state index >= 15 is 0 Å². The Labute approximate surface area is 180 Å². The lowest BCUT2D eigenvalue weighted by molar-refractivity contribution is 0.0683. The van der Waals surface area contributed by atoms with Gasteiger partial charge in [0.2, 0.25) is 0 Å². The molecule has 7 nitrogen and oxygen atoms in total. The minimum atomic E-state index is -0.212. The number of fused-ring (bicyclic) bond motifs is 1. The molecule has 0 radical (unpaired) electrons. The third-order valence-electron chi connectivity index (χ3n) is 5.98. The Kier molecular flexibility index (Phi) is 5.93. The van der Waals surface area contributed by atoms with Gasteiger partial charge in [-0.25, -0.2) is 0 Å². The molecule has 1 saturated heterocycles. The number of hydrogen-bond acceptors (Lipinski definition) is 5. The summed E-state index contributed by atoms with van der Waals surface area (Å²) < 4.78 is 7.55. The molecule has 2 aliphatic heterocycles. The molecule has 2 aromatic rings. The Morgan fingerprint density at radius 2 is 2.23 bits per heavy atom. The van der Waals surface area contributed by atoms with Crippen LogP contribution >= 0.6 is 11.3 Å². The zero-order chi connectivity index (χ0) is 21.3. The lowest BCUT2D eigenvalue weighted by Gasteiger charge is -2.24. The summed E-state index contributed by atoms with van der Waals surface area (Å²) in [5, 5.41) is 12.2. The second-order valence-corrected chi connectivity index (χ2v) is 8.95. The van der Waals surface area contributed by atoms with Crippen molar-refractivity contribution in [2.75, 3.05) is 13.2 Å². The largest absolute Gasteiger partial charge is 0.373 e. The van der Waals surface area contributed by atoms with Gasteiger partial charge in [-0.2, -0.15) is 5.26 Å². The second kappa shape index (κ2) is 8.62.